The van der Waals surface area contributed by atoms with Gasteiger partial charge in [0, 0.05) is 7.26 Å². The number of methoxy groups -OCH3 is 1. The van der Waals surface area contributed by atoms with Crippen LogP contribution in [0.3, 0.4) is 0 Å². The average Bonchev–Trinajstić information content (AvgIpc) is 3.47. The van der Waals surface area contributed by atoms with Gasteiger partial charge in [-0.3, -0.25) is 14.4 Å². The van der Waals surface area contributed by atoms with Crippen molar-refractivity contribution in [2.24, 2.45) is 0 Å². The lowest BCUT2D eigenvalue weighted by Crippen LogP contribution is -2.34. The molecule has 38 heavy (non-hydrogen) atoms. The van der Waals surface area contributed by atoms with Crippen LogP contribution in [-0.2, 0) is 14.3 Å². The summed E-state index contributed by atoms with van der Waals surface area (Å²) in [5.74, 6) is -1.45. The van der Waals surface area contributed by atoms with Gasteiger partial charge in [0.1, 0.15) is 23.3 Å². The topological polar surface area (TPSA) is 158 Å². The first kappa shape index (κ1) is 33.8. The summed E-state index contributed by atoms with van der Waals surface area (Å²) >= 11 is 2.40. The van der Waals surface area contributed by atoms with Crippen LogP contribution >= 0.6 is 29.9 Å². The van der Waals surface area contributed by atoms with E-state index < -0.39 is 31.3 Å². The molecular formula is C25H37N2O8PS2. The number of hydrogen-bond acceptors (Lipinski definition) is 9. The molecular weight excluding hydrogens is 551 g/mol. The Morgan fingerprint density at radius 2 is 1.58 bits per heavy atom. The lowest BCUT2D eigenvalue weighted by atomic mass is 10.2. The number of aryl methyl sites for hydroxylation is 2. The second-order valence-corrected chi connectivity index (χ2v) is 15.0. The minimum absolute atomic E-state index is 0.184. The van der Waals surface area contributed by atoms with Crippen LogP contribution in [0.15, 0.2) is 10.8 Å². The normalized spacial score (nSPS) is 11.7. The molecule has 0 aliphatic heterocycles. The van der Waals surface area contributed by atoms with Gasteiger partial charge in [-0.05, 0) is 63.1 Å². The van der Waals surface area contributed by atoms with E-state index >= 15 is 0 Å². The maximum Gasteiger partial charge on any atom is 0.350 e. The van der Waals surface area contributed by atoms with E-state index in [0.717, 1.165) is 11.1 Å². The smallest absolute Gasteiger partial charge is 0.350 e. The van der Waals surface area contributed by atoms with Crippen molar-refractivity contribution in [3.8, 4) is 0 Å². The standard InChI is InChI=1S/C23H31N2O6PS2.C2H5O2/c1-7-32(8-2,10-17(28)24-18-13(3)11-33-20(18)16(27)9-26)15(5)22(29)25-19-14(4)12-34-21(19)23(30)31-6;1-2-4-3/h11-12,15,26H,7-10H2,1-6H3,(H-,24,25,27,28,29,30);2,4H,1H3/q;-1/p+1. The Labute approximate surface area is 232 Å². The molecule has 0 aromatic carbocycles. The number of Topliss-reactive ketones (excluding diaryl/α,β-unsaturated/α-hetero) is 1. The predicted octanol–water partition coefficient (Wildman–Crippen LogP) is 3.95. The van der Waals surface area contributed by atoms with Gasteiger partial charge < -0.3 is 30.6 Å². The Kier molecular flexibility index (Phi) is 14.3. The largest absolute Gasteiger partial charge is 0.588 e. The quantitative estimate of drug-likeness (QED) is 0.0644. The van der Waals surface area contributed by atoms with Crippen LogP contribution in [0.25, 0.3) is 0 Å². The van der Waals surface area contributed by atoms with Gasteiger partial charge >= 0.3 is 5.97 Å². The number of thiophene rings is 2. The van der Waals surface area contributed by atoms with Crippen molar-refractivity contribution in [1.29, 1.82) is 0 Å². The van der Waals surface area contributed by atoms with E-state index in [1.165, 1.54) is 36.4 Å². The summed E-state index contributed by atoms with van der Waals surface area (Å²) in [6.45, 7) is 11.6. The highest BCUT2D eigenvalue weighted by atomic mass is 32.1. The van der Waals surface area contributed by atoms with Crippen molar-refractivity contribution in [3.05, 3.63) is 38.2 Å². The van der Waals surface area contributed by atoms with Gasteiger partial charge in [-0.2, -0.15) is 0 Å². The molecule has 0 fully saturated rings. The molecule has 0 aliphatic carbocycles. The van der Waals surface area contributed by atoms with Crippen LogP contribution in [0.2, 0.25) is 0 Å². The van der Waals surface area contributed by atoms with Gasteiger partial charge in [0.15, 0.2) is 5.78 Å². The highest BCUT2D eigenvalue weighted by Crippen LogP contribution is 2.62. The molecule has 0 radical (unpaired) electrons. The lowest BCUT2D eigenvalue weighted by molar-refractivity contribution is -0.761. The lowest BCUT2D eigenvalue weighted by Gasteiger charge is -2.30. The average molecular weight is 589 g/mol. The van der Waals surface area contributed by atoms with Crippen molar-refractivity contribution >= 4 is 64.9 Å². The van der Waals surface area contributed by atoms with Gasteiger partial charge in [-0.25, -0.2) is 4.79 Å². The number of aliphatic hydroxyl groups is 2. The molecule has 0 bridgehead atoms. The monoisotopic (exact) mass is 588 g/mol. The van der Waals surface area contributed by atoms with E-state index in [1.54, 1.807) is 24.6 Å². The molecule has 2 aromatic heterocycles. The number of carbonyl (C=O) groups excluding carboxylic acids is 4. The van der Waals surface area contributed by atoms with E-state index in [4.69, 9.17) is 9.99 Å². The van der Waals surface area contributed by atoms with E-state index in [-0.39, 0.29) is 18.0 Å². The number of esters is 1. The van der Waals surface area contributed by atoms with E-state index in [9.17, 15) is 24.3 Å². The minimum atomic E-state index is -2.09. The van der Waals surface area contributed by atoms with Crippen LogP contribution in [0.4, 0.5) is 11.4 Å². The molecule has 2 amide bonds. The Hall–Kier alpha value is -2.21. The fourth-order valence-electron chi connectivity index (χ4n) is 3.79. The molecule has 13 heteroatoms. The molecule has 0 aliphatic rings. The SMILES string of the molecule is CC[P+](CC)(CC(=O)Nc1c(C)csc1C(=O)CO)C(C)C(=O)Nc1c(C)csc1C(=O)OC.C[CH-][OH+][O-]. The van der Waals surface area contributed by atoms with Crippen molar-refractivity contribution in [2.75, 3.05) is 42.8 Å². The molecule has 1 atom stereocenters. The Morgan fingerprint density at radius 1 is 1.08 bits per heavy atom. The van der Waals surface area contributed by atoms with Crippen LogP contribution in [0.5, 0.6) is 0 Å². The third-order valence-electron chi connectivity index (χ3n) is 6.25. The number of rotatable bonds is 12. The highest BCUT2D eigenvalue weighted by Gasteiger charge is 2.46. The number of hydrogen-bond donors (Lipinski definition) is 3. The minimum Gasteiger partial charge on any atom is -0.588 e. The summed E-state index contributed by atoms with van der Waals surface area (Å²) in [4.78, 5) is 53.5. The number of nitrogens with one attached hydrogen (secondary N) is 2. The molecule has 2 rings (SSSR count). The third-order valence-corrected chi connectivity index (χ3v) is 13.8. The van der Waals surface area contributed by atoms with Crippen molar-refractivity contribution < 1.29 is 39.2 Å². The van der Waals surface area contributed by atoms with Crippen LogP contribution in [0, 0.1) is 20.5 Å². The van der Waals surface area contributed by atoms with Crippen molar-refractivity contribution in [2.45, 2.75) is 47.2 Å². The third kappa shape index (κ3) is 8.39. The van der Waals surface area contributed by atoms with Gasteiger partial charge in [0.05, 0.1) is 35.7 Å². The summed E-state index contributed by atoms with van der Waals surface area (Å²) in [5.41, 5.74) is 1.97. The first-order valence-electron chi connectivity index (χ1n) is 11.9. The van der Waals surface area contributed by atoms with E-state index in [2.05, 4.69) is 15.5 Å². The van der Waals surface area contributed by atoms with Crippen molar-refractivity contribution in [1.82, 2.24) is 0 Å². The molecule has 0 saturated carbocycles. The number of aliphatic hydroxyl groups excluding tert-OH is 1. The molecule has 10 nitrogen and oxygen atoms in total. The van der Waals surface area contributed by atoms with E-state index in [0.29, 0.717) is 33.5 Å². The Morgan fingerprint density at radius 3 is 2.03 bits per heavy atom. The molecule has 4 N–H and O–H groups in total. The van der Waals surface area contributed by atoms with Gasteiger partial charge in [-0.1, -0.05) is 0 Å². The molecule has 0 spiro atoms. The summed E-state index contributed by atoms with van der Waals surface area (Å²) in [6, 6.07) is 0. The van der Waals surface area contributed by atoms with Gasteiger partial charge in [-0.15, -0.1) is 29.6 Å². The first-order valence-corrected chi connectivity index (χ1v) is 16.1. The van der Waals surface area contributed by atoms with Crippen molar-refractivity contribution in [3.63, 3.8) is 0 Å². The highest BCUT2D eigenvalue weighted by molar-refractivity contribution is 7.78. The van der Waals surface area contributed by atoms with Gasteiger partial charge in [0.2, 0.25) is 0 Å². The maximum atomic E-state index is 13.3. The Balaban J connectivity index is 0.00000168. The van der Waals surface area contributed by atoms with Crippen LogP contribution < -0.4 is 15.9 Å². The first-order chi connectivity index (χ1) is 18.0. The number of ether oxygens (including phenoxy) is 1. The summed E-state index contributed by atoms with van der Waals surface area (Å²) in [7, 11) is -0.792. The van der Waals surface area contributed by atoms with E-state index in [1.807, 2.05) is 27.7 Å². The predicted molar refractivity (Wildman–Crippen MR) is 153 cm³/mol. The number of amides is 2. The Bertz CT molecular complexity index is 1110. The zero-order chi connectivity index (χ0) is 29.0. The van der Waals surface area contributed by atoms with Gasteiger partial charge in [0.25, 0.3) is 11.8 Å². The zero-order valence-corrected chi connectivity index (χ0v) is 25.3. The summed E-state index contributed by atoms with van der Waals surface area (Å²) < 4.78 is 4.82. The number of carbonyl (C=O) groups is 4. The molecule has 212 valence electrons. The maximum absolute atomic E-state index is 13.3. The molecule has 2 aromatic rings. The summed E-state index contributed by atoms with van der Waals surface area (Å²) in [6.07, 6.45) is 1.55. The van der Waals surface area contributed by atoms with Crippen LogP contribution in [-0.4, -0.2) is 71.4 Å². The second-order valence-electron chi connectivity index (χ2n) is 8.40. The molecule has 0 saturated heterocycles. The summed E-state index contributed by atoms with van der Waals surface area (Å²) in [5, 5.41) is 27.4. The fraction of sp³-hybridized carbons (Fsp3) is 0.480. The zero-order valence-electron chi connectivity index (χ0n) is 22.7. The number of anilines is 2. The number of ketones is 1. The molecule has 2 heterocycles. The fourth-order valence-corrected chi connectivity index (χ4v) is 9.13. The molecule has 1 unspecified atom stereocenters. The second kappa shape index (κ2) is 16.0. The van der Waals surface area contributed by atoms with Crippen LogP contribution in [0.1, 0.15) is 58.2 Å².